The van der Waals surface area contributed by atoms with E-state index in [1.54, 1.807) is 6.20 Å². The number of likely N-dealkylation sites (tertiary alicyclic amines) is 1. The van der Waals surface area contributed by atoms with Crippen molar-refractivity contribution in [1.82, 2.24) is 19.8 Å². The maximum absolute atomic E-state index is 12.3. The Morgan fingerprint density at radius 1 is 1.32 bits per heavy atom. The number of imidazole rings is 1. The Hall–Kier alpha value is -1.36. The van der Waals surface area contributed by atoms with Crippen molar-refractivity contribution >= 4 is 5.91 Å². The third-order valence-electron chi connectivity index (χ3n) is 3.78. The molecule has 1 aliphatic rings. The van der Waals surface area contributed by atoms with Gasteiger partial charge in [-0.15, -0.1) is 0 Å². The highest BCUT2D eigenvalue weighted by Gasteiger charge is 2.24. The number of aromatic nitrogens is 2. The zero-order valence-electron chi connectivity index (χ0n) is 12.1. The van der Waals surface area contributed by atoms with Gasteiger partial charge in [0, 0.05) is 32.5 Å². The van der Waals surface area contributed by atoms with Gasteiger partial charge in [-0.25, -0.2) is 4.98 Å². The van der Waals surface area contributed by atoms with E-state index in [4.69, 9.17) is 0 Å². The first-order chi connectivity index (χ1) is 9.09. The summed E-state index contributed by atoms with van der Waals surface area (Å²) in [6, 6.07) is -0.0893. The normalized spacial score (nSPS) is 19.2. The Labute approximate surface area is 115 Å². The summed E-state index contributed by atoms with van der Waals surface area (Å²) in [5, 5.41) is 3.35. The van der Waals surface area contributed by atoms with E-state index in [2.05, 4.69) is 10.3 Å². The molecule has 2 heterocycles. The molecule has 0 spiro atoms. The van der Waals surface area contributed by atoms with Gasteiger partial charge in [0.2, 0.25) is 5.91 Å². The van der Waals surface area contributed by atoms with Crippen molar-refractivity contribution in [3.63, 3.8) is 0 Å². The molecule has 1 amide bonds. The highest BCUT2D eigenvalue weighted by Crippen LogP contribution is 2.13. The molecule has 0 bridgehead atoms. The molecule has 0 radical (unpaired) electrons. The van der Waals surface area contributed by atoms with Gasteiger partial charge in [-0.05, 0) is 33.1 Å². The van der Waals surface area contributed by atoms with Crippen LogP contribution in [0.5, 0.6) is 0 Å². The highest BCUT2D eigenvalue weighted by molar-refractivity contribution is 5.81. The predicted molar refractivity (Wildman–Crippen MR) is 74.7 cm³/mol. The molecular formula is C14H24N4O. The minimum atomic E-state index is -0.162. The van der Waals surface area contributed by atoms with Gasteiger partial charge in [0.1, 0.15) is 5.82 Å². The fourth-order valence-corrected chi connectivity index (χ4v) is 2.70. The van der Waals surface area contributed by atoms with E-state index in [0.29, 0.717) is 0 Å². The van der Waals surface area contributed by atoms with Crippen LogP contribution in [0.2, 0.25) is 0 Å². The van der Waals surface area contributed by atoms with Gasteiger partial charge in [-0.3, -0.25) is 10.1 Å². The molecule has 2 atom stereocenters. The maximum Gasteiger partial charge on any atom is 0.239 e. The van der Waals surface area contributed by atoms with Crippen LogP contribution in [0.1, 0.15) is 45.0 Å². The first kappa shape index (κ1) is 14.1. The van der Waals surface area contributed by atoms with Gasteiger partial charge in [-0.1, -0.05) is 0 Å². The average Bonchev–Trinajstić information content (AvgIpc) is 2.85. The van der Waals surface area contributed by atoms with Crippen LogP contribution in [0, 0.1) is 0 Å². The molecular weight excluding hydrogens is 240 g/mol. The van der Waals surface area contributed by atoms with Gasteiger partial charge >= 0.3 is 0 Å². The van der Waals surface area contributed by atoms with Crippen molar-refractivity contribution in [1.29, 1.82) is 0 Å². The lowest BCUT2D eigenvalue weighted by Gasteiger charge is -2.30. The minimum Gasteiger partial charge on any atom is -0.341 e. The van der Waals surface area contributed by atoms with Gasteiger partial charge in [-0.2, -0.15) is 0 Å². The lowest BCUT2D eigenvalue weighted by atomic mass is 10.1. The SMILES string of the molecule is CC(NC(C)c1nccn1C)C(=O)N1CCCCC1. The van der Waals surface area contributed by atoms with Crippen LogP contribution in [0.25, 0.3) is 0 Å². The Morgan fingerprint density at radius 3 is 2.58 bits per heavy atom. The molecule has 2 rings (SSSR count). The summed E-state index contributed by atoms with van der Waals surface area (Å²) in [7, 11) is 1.97. The predicted octanol–water partition coefficient (Wildman–Crippen LogP) is 1.47. The van der Waals surface area contributed by atoms with Crippen LogP contribution in [0.3, 0.4) is 0 Å². The average molecular weight is 264 g/mol. The monoisotopic (exact) mass is 264 g/mol. The Bertz CT molecular complexity index is 423. The number of amides is 1. The molecule has 2 unspecified atom stereocenters. The summed E-state index contributed by atoms with van der Waals surface area (Å²) in [5.74, 6) is 1.17. The molecule has 1 aromatic rings. The van der Waals surface area contributed by atoms with E-state index in [0.717, 1.165) is 31.8 Å². The standard InChI is InChI=1S/C14H24N4O/c1-11(13-15-7-10-17(13)3)16-12(2)14(19)18-8-5-4-6-9-18/h7,10-12,16H,4-6,8-9H2,1-3H3. The number of aryl methyl sites for hydroxylation is 1. The van der Waals surface area contributed by atoms with Crippen molar-refractivity contribution in [2.75, 3.05) is 13.1 Å². The third kappa shape index (κ3) is 3.35. The molecule has 19 heavy (non-hydrogen) atoms. The van der Waals surface area contributed by atoms with Crippen molar-refractivity contribution in [3.05, 3.63) is 18.2 Å². The second kappa shape index (κ2) is 6.19. The summed E-state index contributed by atoms with van der Waals surface area (Å²) in [4.78, 5) is 18.6. The summed E-state index contributed by atoms with van der Waals surface area (Å²) in [5.41, 5.74) is 0. The smallest absolute Gasteiger partial charge is 0.239 e. The minimum absolute atomic E-state index is 0.0729. The van der Waals surface area contributed by atoms with Crippen molar-refractivity contribution in [2.45, 2.75) is 45.2 Å². The van der Waals surface area contributed by atoms with Crippen molar-refractivity contribution < 1.29 is 4.79 Å². The highest BCUT2D eigenvalue weighted by atomic mass is 16.2. The molecule has 5 nitrogen and oxygen atoms in total. The largest absolute Gasteiger partial charge is 0.341 e. The number of piperidine rings is 1. The second-order valence-electron chi connectivity index (χ2n) is 5.39. The molecule has 1 aromatic heterocycles. The molecule has 1 N–H and O–H groups in total. The number of carbonyl (C=O) groups excluding carboxylic acids is 1. The Balaban J connectivity index is 1.91. The van der Waals surface area contributed by atoms with Gasteiger partial charge < -0.3 is 9.47 Å². The number of rotatable bonds is 4. The zero-order chi connectivity index (χ0) is 13.8. The first-order valence-corrected chi connectivity index (χ1v) is 7.11. The van der Waals surface area contributed by atoms with Gasteiger partial charge in [0.25, 0.3) is 0 Å². The van der Waals surface area contributed by atoms with E-state index in [1.165, 1.54) is 6.42 Å². The first-order valence-electron chi connectivity index (χ1n) is 7.11. The van der Waals surface area contributed by atoms with E-state index in [1.807, 2.05) is 36.6 Å². The molecule has 1 saturated heterocycles. The van der Waals surface area contributed by atoms with Crippen LogP contribution < -0.4 is 5.32 Å². The summed E-state index contributed by atoms with van der Waals surface area (Å²) in [6.45, 7) is 5.79. The number of carbonyl (C=O) groups is 1. The second-order valence-corrected chi connectivity index (χ2v) is 5.39. The molecule has 1 fully saturated rings. The number of hydrogen-bond acceptors (Lipinski definition) is 3. The summed E-state index contributed by atoms with van der Waals surface area (Å²) < 4.78 is 1.98. The van der Waals surface area contributed by atoms with E-state index >= 15 is 0 Å². The fourth-order valence-electron chi connectivity index (χ4n) is 2.70. The van der Waals surface area contributed by atoms with Crippen LogP contribution >= 0.6 is 0 Å². The summed E-state index contributed by atoms with van der Waals surface area (Å²) in [6.07, 6.45) is 7.21. The zero-order valence-corrected chi connectivity index (χ0v) is 12.1. The van der Waals surface area contributed by atoms with E-state index < -0.39 is 0 Å². The van der Waals surface area contributed by atoms with Crippen molar-refractivity contribution in [3.8, 4) is 0 Å². The molecule has 0 aliphatic carbocycles. The summed E-state index contributed by atoms with van der Waals surface area (Å²) >= 11 is 0. The quantitative estimate of drug-likeness (QED) is 0.896. The number of nitrogens with zero attached hydrogens (tertiary/aromatic N) is 3. The molecule has 106 valence electrons. The lowest BCUT2D eigenvalue weighted by molar-refractivity contribution is -0.134. The van der Waals surface area contributed by atoms with E-state index in [9.17, 15) is 4.79 Å². The third-order valence-corrected chi connectivity index (χ3v) is 3.78. The van der Waals surface area contributed by atoms with Crippen LogP contribution in [0.4, 0.5) is 0 Å². The van der Waals surface area contributed by atoms with Crippen molar-refractivity contribution in [2.24, 2.45) is 7.05 Å². The fraction of sp³-hybridized carbons (Fsp3) is 0.714. The maximum atomic E-state index is 12.3. The molecule has 5 heteroatoms. The van der Waals surface area contributed by atoms with Crippen LogP contribution in [-0.2, 0) is 11.8 Å². The van der Waals surface area contributed by atoms with Crippen LogP contribution in [-0.4, -0.2) is 39.5 Å². The topological polar surface area (TPSA) is 50.2 Å². The molecule has 1 aliphatic heterocycles. The molecule has 0 saturated carbocycles. The number of hydrogen-bond donors (Lipinski definition) is 1. The lowest BCUT2D eigenvalue weighted by Crippen LogP contribution is -2.47. The molecule has 0 aromatic carbocycles. The Morgan fingerprint density at radius 2 is 2.00 bits per heavy atom. The van der Waals surface area contributed by atoms with Crippen LogP contribution in [0.15, 0.2) is 12.4 Å². The van der Waals surface area contributed by atoms with E-state index in [-0.39, 0.29) is 18.0 Å². The number of nitrogens with one attached hydrogen (secondary N) is 1. The Kier molecular flexibility index (Phi) is 4.58. The van der Waals surface area contributed by atoms with Gasteiger partial charge in [0.15, 0.2) is 0 Å². The van der Waals surface area contributed by atoms with Gasteiger partial charge in [0.05, 0.1) is 12.1 Å².